The molecule has 0 aromatic heterocycles. The topological polar surface area (TPSA) is 59.0 Å². The fourth-order valence-corrected chi connectivity index (χ4v) is 2.88. The van der Waals surface area contributed by atoms with Crippen LogP contribution in [0.5, 0.6) is 5.75 Å². The van der Waals surface area contributed by atoms with E-state index in [0.717, 1.165) is 18.8 Å². The molecule has 22 heavy (non-hydrogen) atoms. The van der Waals surface area contributed by atoms with Crippen molar-refractivity contribution in [3.63, 3.8) is 0 Å². The summed E-state index contributed by atoms with van der Waals surface area (Å²) in [5.41, 5.74) is 1.58. The number of hydrogen-bond donors (Lipinski definition) is 1. The maximum absolute atomic E-state index is 11.7. The van der Waals surface area contributed by atoms with Crippen LogP contribution in [0.15, 0.2) is 29.5 Å². The second-order valence-corrected chi connectivity index (χ2v) is 5.50. The minimum atomic E-state index is -0.452. The Morgan fingerprint density at radius 3 is 2.91 bits per heavy atom. The van der Waals surface area contributed by atoms with Crippen LogP contribution in [0.4, 0.5) is 0 Å². The molecule has 0 radical (unpaired) electrons. The Hall–Kier alpha value is -2.27. The normalized spacial score (nSPS) is 17.5. The number of methoxy groups -OCH3 is 2. The van der Waals surface area contributed by atoms with Crippen LogP contribution < -0.4 is 15.2 Å². The van der Waals surface area contributed by atoms with E-state index in [4.69, 9.17) is 9.47 Å². The predicted molar refractivity (Wildman–Crippen MR) is 82.8 cm³/mol. The highest BCUT2D eigenvalue weighted by atomic mass is 16.5. The summed E-state index contributed by atoms with van der Waals surface area (Å²) in [6, 6.07) is 6.02. The molecule has 0 spiro atoms. The fourth-order valence-electron chi connectivity index (χ4n) is 2.88. The zero-order valence-electron chi connectivity index (χ0n) is 12.8. The predicted octanol–water partition coefficient (Wildman–Crippen LogP) is 0.331. The summed E-state index contributed by atoms with van der Waals surface area (Å²) in [6.45, 7) is 1.88. The van der Waals surface area contributed by atoms with Gasteiger partial charge in [-0.1, -0.05) is 6.07 Å². The first-order valence-electron chi connectivity index (χ1n) is 7.23. The molecule has 0 atom stereocenters. The first-order valence-corrected chi connectivity index (χ1v) is 7.23. The first-order chi connectivity index (χ1) is 10.6. The average Bonchev–Trinajstić information content (AvgIpc) is 2.53. The Morgan fingerprint density at radius 2 is 2.18 bits per heavy atom. The molecule has 0 unspecified atom stereocenters. The quantitative estimate of drug-likeness (QED) is 0.812. The number of carbonyl (C=O) groups is 1. The Balaban J connectivity index is 1.77. The molecule has 5 heteroatoms. The van der Waals surface area contributed by atoms with Gasteiger partial charge in [0.2, 0.25) is 0 Å². The van der Waals surface area contributed by atoms with Crippen molar-refractivity contribution in [3.05, 3.63) is 40.0 Å². The lowest BCUT2D eigenvalue weighted by atomic mass is 9.98. The van der Waals surface area contributed by atoms with Crippen LogP contribution in [0.25, 0.3) is 11.6 Å². The molecule has 1 aliphatic carbocycles. The lowest BCUT2D eigenvalue weighted by molar-refractivity contribution is -0.136. The van der Waals surface area contributed by atoms with Crippen molar-refractivity contribution in [1.82, 2.24) is 4.90 Å². The van der Waals surface area contributed by atoms with Gasteiger partial charge < -0.3 is 14.6 Å². The molecular weight excluding hydrogens is 282 g/mol. The van der Waals surface area contributed by atoms with Crippen LogP contribution in [-0.4, -0.2) is 49.8 Å². The minimum absolute atomic E-state index is 0.146. The smallest absolute Gasteiger partial charge is 0.338 e. The second kappa shape index (κ2) is 5.85. The second-order valence-electron chi connectivity index (χ2n) is 5.50. The largest absolute Gasteiger partial charge is 0.512 e. The molecule has 5 nitrogen and oxygen atoms in total. The molecule has 0 amide bonds. The van der Waals surface area contributed by atoms with E-state index < -0.39 is 5.97 Å². The summed E-state index contributed by atoms with van der Waals surface area (Å²) in [4.78, 5) is 13.8. The van der Waals surface area contributed by atoms with Gasteiger partial charge in [-0.05, 0) is 34.2 Å². The summed E-state index contributed by atoms with van der Waals surface area (Å²) in [5.74, 6) is 0.537. The van der Waals surface area contributed by atoms with Gasteiger partial charge in [-0.2, -0.15) is 0 Å². The van der Waals surface area contributed by atoms with E-state index in [2.05, 4.69) is 11.0 Å². The molecule has 1 aromatic rings. The molecule has 1 aliphatic heterocycles. The highest BCUT2D eigenvalue weighted by molar-refractivity contribution is 5.89. The fraction of sp³-hybridized carbons (Fsp3) is 0.353. The molecule has 1 heterocycles. The maximum atomic E-state index is 11.7. The first kappa shape index (κ1) is 14.7. The van der Waals surface area contributed by atoms with E-state index in [1.807, 2.05) is 18.2 Å². The Bertz CT molecular complexity index is 763. The lowest BCUT2D eigenvalue weighted by Gasteiger charge is -2.29. The number of fused-ring (bicyclic) bond motifs is 1. The number of benzene rings is 1. The third-order valence-corrected chi connectivity index (χ3v) is 4.16. The van der Waals surface area contributed by atoms with Crippen molar-refractivity contribution in [2.75, 3.05) is 33.9 Å². The van der Waals surface area contributed by atoms with Gasteiger partial charge in [0.15, 0.2) is 0 Å². The van der Waals surface area contributed by atoms with E-state index in [-0.39, 0.29) is 5.76 Å². The standard InChI is InChI=1S/C17H19NO4/c1-21-13-4-3-11-7-12(14(11)8-13)9-18-6-5-16(19)15(10-18)17(20)22-2/h3-4,7-8,19H,5-6,9-10H2,1-2H3. The molecule has 0 saturated heterocycles. The van der Waals surface area contributed by atoms with Crippen LogP contribution >= 0.6 is 0 Å². The molecule has 3 rings (SSSR count). The lowest BCUT2D eigenvalue weighted by Crippen LogP contribution is -2.41. The van der Waals surface area contributed by atoms with Crippen LogP contribution in [0.3, 0.4) is 0 Å². The highest BCUT2D eigenvalue weighted by Gasteiger charge is 2.25. The van der Waals surface area contributed by atoms with E-state index in [1.54, 1.807) is 7.11 Å². The van der Waals surface area contributed by atoms with Gasteiger partial charge in [0.1, 0.15) is 11.5 Å². The van der Waals surface area contributed by atoms with E-state index in [0.29, 0.717) is 18.5 Å². The monoisotopic (exact) mass is 301 g/mol. The summed E-state index contributed by atoms with van der Waals surface area (Å²) in [5, 5.41) is 12.2. The number of rotatable bonds is 4. The van der Waals surface area contributed by atoms with E-state index in [1.165, 1.54) is 23.1 Å². The summed E-state index contributed by atoms with van der Waals surface area (Å²) < 4.78 is 9.98. The number of hydrogen-bond acceptors (Lipinski definition) is 5. The van der Waals surface area contributed by atoms with Crippen molar-refractivity contribution < 1.29 is 19.4 Å². The molecule has 2 aliphatic rings. The van der Waals surface area contributed by atoms with Gasteiger partial charge in [0, 0.05) is 26.1 Å². The Labute approximate surface area is 128 Å². The summed E-state index contributed by atoms with van der Waals surface area (Å²) in [7, 11) is 2.99. The zero-order valence-corrected chi connectivity index (χ0v) is 12.8. The third kappa shape index (κ3) is 2.60. The van der Waals surface area contributed by atoms with Gasteiger partial charge in [-0.3, -0.25) is 4.90 Å². The maximum Gasteiger partial charge on any atom is 0.338 e. The Kier molecular flexibility index (Phi) is 3.90. The number of aliphatic hydroxyl groups is 1. The zero-order chi connectivity index (χ0) is 15.7. The molecule has 0 fully saturated rings. The SMILES string of the molecule is COC(=O)C1=C(O)CCN(CC2=c3cc(OC)ccc3=C2)C1. The van der Waals surface area contributed by atoms with Crippen LogP contribution in [0.1, 0.15) is 6.42 Å². The van der Waals surface area contributed by atoms with Gasteiger partial charge in [0.25, 0.3) is 0 Å². The van der Waals surface area contributed by atoms with Gasteiger partial charge >= 0.3 is 5.97 Å². The van der Waals surface area contributed by atoms with Crippen molar-refractivity contribution in [2.45, 2.75) is 6.42 Å². The summed E-state index contributed by atoms with van der Waals surface area (Å²) in [6.07, 6.45) is 2.62. The summed E-state index contributed by atoms with van der Waals surface area (Å²) >= 11 is 0. The van der Waals surface area contributed by atoms with Gasteiger partial charge in [-0.25, -0.2) is 4.79 Å². The van der Waals surface area contributed by atoms with Gasteiger partial charge in [0.05, 0.1) is 19.8 Å². The van der Waals surface area contributed by atoms with E-state index in [9.17, 15) is 9.90 Å². The molecule has 0 bridgehead atoms. The average molecular weight is 301 g/mol. The minimum Gasteiger partial charge on any atom is -0.512 e. The Morgan fingerprint density at radius 1 is 1.36 bits per heavy atom. The molecule has 1 N–H and O–H groups in total. The third-order valence-electron chi connectivity index (χ3n) is 4.16. The number of ether oxygens (including phenoxy) is 2. The molecular formula is C17H19NO4. The highest BCUT2D eigenvalue weighted by Crippen LogP contribution is 2.19. The number of esters is 1. The number of carbonyl (C=O) groups excluding carboxylic acids is 1. The molecule has 0 saturated carbocycles. The van der Waals surface area contributed by atoms with Crippen molar-refractivity contribution in [3.8, 4) is 5.75 Å². The van der Waals surface area contributed by atoms with Crippen LogP contribution in [-0.2, 0) is 9.53 Å². The van der Waals surface area contributed by atoms with Crippen molar-refractivity contribution >= 4 is 17.6 Å². The number of nitrogens with zero attached hydrogens (tertiary/aromatic N) is 1. The van der Waals surface area contributed by atoms with Crippen LogP contribution in [0, 0.1) is 0 Å². The van der Waals surface area contributed by atoms with Gasteiger partial charge in [-0.15, -0.1) is 0 Å². The molecule has 116 valence electrons. The number of aliphatic hydroxyl groups excluding tert-OH is 1. The molecule has 1 aromatic carbocycles. The van der Waals surface area contributed by atoms with Crippen LogP contribution in [0.2, 0.25) is 0 Å². The van der Waals surface area contributed by atoms with E-state index >= 15 is 0 Å². The van der Waals surface area contributed by atoms with Crippen molar-refractivity contribution in [1.29, 1.82) is 0 Å². The van der Waals surface area contributed by atoms with Crippen molar-refractivity contribution in [2.24, 2.45) is 0 Å².